The van der Waals surface area contributed by atoms with E-state index in [0.29, 0.717) is 24.5 Å². The van der Waals surface area contributed by atoms with E-state index in [0.717, 1.165) is 0 Å². The van der Waals surface area contributed by atoms with Crippen molar-refractivity contribution in [2.45, 2.75) is 31.8 Å². The molecule has 32 heavy (non-hydrogen) atoms. The molecule has 1 aromatic carbocycles. The van der Waals surface area contributed by atoms with Crippen molar-refractivity contribution in [1.82, 2.24) is 4.31 Å². The molecule has 0 spiro atoms. The van der Waals surface area contributed by atoms with E-state index in [-0.39, 0.29) is 29.3 Å². The molecule has 11 heteroatoms. The lowest BCUT2D eigenvalue weighted by Crippen LogP contribution is -2.40. The quantitative estimate of drug-likeness (QED) is 0.636. The maximum Gasteiger partial charge on any atom is 0.342 e. The highest BCUT2D eigenvalue weighted by Gasteiger charge is 2.27. The van der Waals surface area contributed by atoms with Gasteiger partial charge in [0.2, 0.25) is 10.0 Å². The van der Waals surface area contributed by atoms with E-state index < -0.39 is 33.6 Å². The lowest BCUT2D eigenvalue weighted by molar-refractivity contribution is -0.123. The van der Waals surface area contributed by atoms with Gasteiger partial charge in [-0.3, -0.25) is 4.79 Å². The SMILES string of the molecule is Cc1cc(=O)oc(C)c1C(=O)O[C@H](C)C(=O)Nc1ccc(S(=O)(=O)N2CCOCC2)cc1. The number of amides is 1. The van der Waals surface area contributed by atoms with E-state index in [4.69, 9.17) is 13.9 Å². The third kappa shape index (κ3) is 5.23. The molecule has 1 amide bonds. The van der Waals surface area contributed by atoms with Gasteiger partial charge >= 0.3 is 11.6 Å². The summed E-state index contributed by atoms with van der Waals surface area (Å²) in [6.07, 6.45) is -1.15. The number of morpholine rings is 1. The van der Waals surface area contributed by atoms with Gasteiger partial charge in [0, 0.05) is 24.8 Å². The molecule has 0 unspecified atom stereocenters. The van der Waals surface area contributed by atoms with Crippen molar-refractivity contribution in [2.75, 3.05) is 31.6 Å². The molecule has 1 N–H and O–H groups in total. The number of hydrogen-bond donors (Lipinski definition) is 1. The Balaban J connectivity index is 1.64. The van der Waals surface area contributed by atoms with Crippen molar-refractivity contribution in [3.8, 4) is 0 Å². The molecular weight excluding hydrogens is 440 g/mol. The van der Waals surface area contributed by atoms with Crippen LogP contribution in [0.4, 0.5) is 5.69 Å². The predicted octanol–water partition coefficient (Wildman–Crippen LogP) is 1.46. The van der Waals surface area contributed by atoms with E-state index in [1.807, 2.05) is 0 Å². The normalized spacial score (nSPS) is 15.7. The van der Waals surface area contributed by atoms with Crippen molar-refractivity contribution < 1.29 is 31.9 Å². The second-order valence-corrected chi connectivity index (χ2v) is 9.20. The van der Waals surface area contributed by atoms with Crippen molar-refractivity contribution in [3.05, 3.63) is 57.6 Å². The van der Waals surface area contributed by atoms with Gasteiger partial charge in [-0.1, -0.05) is 0 Å². The molecule has 1 aliphatic rings. The monoisotopic (exact) mass is 464 g/mol. The number of nitrogens with one attached hydrogen (secondary N) is 1. The third-order valence-electron chi connectivity index (χ3n) is 4.92. The second kappa shape index (κ2) is 9.63. The number of sulfonamides is 1. The Kier molecular flexibility index (Phi) is 7.12. The fourth-order valence-electron chi connectivity index (χ4n) is 3.23. The summed E-state index contributed by atoms with van der Waals surface area (Å²) in [6, 6.07) is 6.88. The number of esters is 1. The van der Waals surface area contributed by atoms with Crippen molar-refractivity contribution in [2.24, 2.45) is 0 Å². The van der Waals surface area contributed by atoms with E-state index in [2.05, 4.69) is 5.32 Å². The number of nitrogens with zero attached hydrogens (tertiary/aromatic N) is 1. The highest BCUT2D eigenvalue weighted by atomic mass is 32.2. The van der Waals surface area contributed by atoms with Crippen LogP contribution in [0.1, 0.15) is 28.6 Å². The number of carbonyl (C=O) groups is 2. The summed E-state index contributed by atoms with van der Waals surface area (Å²) < 4.78 is 42.0. The van der Waals surface area contributed by atoms with Gasteiger partial charge in [-0.05, 0) is 50.6 Å². The Morgan fingerprint density at radius 2 is 1.75 bits per heavy atom. The summed E-state index contributed by atoms with van der Waals surface area (Å²) in [5, 5.41) is 2.58. The lowest BCUT2D eigenvalue weighted by atomic mass is 10.1. The number of carbonyl (C=O) groups excluding carboxylic acids is 2. The highest BCUT2D eigenvalue weighted by molar-refractivity contribution is 7.89. The third-order valence-corrected chi connectivity index (χ3v) is 6.83. The van der Waals surface area contributed by atoms with Crippen LogP contribution in [-0.4, -0.2) is 57.0 Å². The van der Waals surface area contributed by atoms with Crippen molar-refractivity contribution >= 4 is 27.6 Å². The summed E-state index contributed by atoms with van der Waals surface area (Å²) in [5.41, 5.74) is 0.230. The number of rotatable bonds is 6. The van der Waals surface area contributed by atoms with Crippen LogP contribution >= 0.6 is 0 Å². The summed E-state index contributed by atoms with van der Waals surface area (Å²) in [7, 11) is -3.64. The maximum atomic E-state index is 12.7. The second-order valence-electron chi connectivity index (χ2n) is 7.26. The molecule has 172 valence electrons. The van der Waals surface area contributed by atoms with Gasteiger partial charge in [-0.25, -0.2) is 18.0 Å². The summed E-state index contributed by atoms with van der Waals surface area (Å²) in [4.78, 5) is 36.3. The number of hydrogen-bond acceptors (Lipinski definition) is 8. The zero-order valence-electron chi connectivity index (χ0n) is 17.9. The molecule has 1 saturated heterocycles. The largest absolute Gasteiger partial charge is 0.449 e. The standard InChI is InChI=1S/C21H24N2O8S/c1-13-12-18(24)30-14(2)19(13)21(26)31-15(3)20(25)22-16-4-6-17(7-5-16)32(27,28)23-8-10-29-11-9-23/h4-7,12,15H,8-11H2,1-3H3,(H,22,25)/t15-/m1/s1. The average molecular weight is 464 g/mol. The van der Waals surface area contributed by atoms with Gasteiger partial charge in [0.15, 0.2) is 6.10 Å². The minimum absolute atomic E-state index is 0.0851. The van der Waals surface area contributed by atoms with E-state index in [1.165, 1.54) is 48.5 Å². The minimum Gasteiger partial charge on any atom is -0.449 e. The fourth-order valence-corrected chi connectivity index (χ4v) is 4.63. The zero-order chi connectivity index (χ0) is 23.5. The van der Waals surface area contributed by atoms with Gasteiger partial charge in [-0.2, -0.15) is 4.31 Å². The van der Waals surface area contributed by atoms with Gasteiger partial charge in [0.25, 0.3) is 5.91 Å². The first-order valence-electron chi connectivity index (χ1n) is 9.91. The lowest BCUT2D eigenvalue weighted by Gasteiger charge is -2.26. The summed E-state index contributed by atoms with van der Waals surface area (Å²) in [5.74, 6) is -1.29. The van der Waals surface area contributed by atoms with E-state index >= 15 is 0 Å². The van der Waals surface area contributed by atoms with Crippen LogP contribution in [0, 0.1) is 13.8 Å². The first-order chi connectivity index (χ1) is 15.1. The van der Waals surface area contributed by atoms with Crippen LogP contribution in [0.2, 0.25) is 0 Å². The summed E-state index contributed by atoms with van der Waals surface area (Å²) >= 11 is 0. The molecular formula is C21H24N2O8S. The number of ether oxygens (including phenoxy) is 2. The fraction of sp³-hybridized carbons (Fsp3) is 0.381. The summed E-state index contributed by atoms with van der Waals surface area (Å²) in [6.45, 7) is 5.69. The topological polar surface area (TPSA) is 132 Å². The molecule has 2 aromatic rings. The van der Waals surface area contributed by atoms with Gasteiger partial charge in [0.1, 0.15) is 11.3 Å². The van der Waals surface area contributed by atoms with E-state index in [9.17, 15) is 22.8 Å². The van der Waals surface area contributed by atoms with Crippen LogP contribution in [0.15, 0.2) is 44.4 Å². The molecule has 1 aromatic heterocycles. The number of anilines is 1. The molecule has 1 fully saturated rings. The molecule has 3 rings (SSSR count). The van der Waals surface area contributed by atoms with Gasteiger partial charge < -0.3 is 19.2 Å². The van der Waals surface area contributed by atoms with Crippen molar-refractivity contribution in [1.29, 1.82) is 0 Å². The molecule has 1 aliphatic heterocycles. The van der Waals surface area contributed by atoms with Crippen molar-refractivity contribution in [3.63, 3.8) is 0 Å². The molecule has 0 saturated carbocycles. The molecule has 2 heterocycles. The first-order valence-corrected chi connectivity index (χ1v) is 11.3. The average Bonchev–Trinajstić information content (AvgIpc) is 2.74. The van der Waals surface area contributed by atoms with Crippen LogP contribution in [0.3, 0.4) is 0 Å². The van der Waals surface area contributed by atoms with Crippen LogP contribution in [0.5, 0.6) is 0 Å². The van der Waals surface area contributed by atoms with Gasteiger partial charge in [0.05, 0.1) is 18.1 Å². The minimum atomic E-state index is -3.64. The Bertz CT molecular complexity index is 1140. The first kappa shape index (κ1) is 23.6. The molecule has 1 atom stereocenters. The number of aryl methyl sites for hydroxylation is 2. The molecule has 10 nitrogen and oxygen atoms in total. The Morgan fingerprint density at radius 1 is 1.12 bits per heavy atom. The molecule has 0 radical (unpaired) electrons. The highest BCUT2D eigenvalue weighted by Crippen LogP contribution is 2.20. The Hall–Kier alpha value is -3.02. The smallest absolute Gasteiger partial charge is 0.342 e. The van der Waals surface area contributed by atoms with E-state index in [1.54, 1.807) is 6.92 Å². The number of benzene rings is 1. The predicted molar refractivity (Wildman–Crippen MR) is 114 cm³/mol. The van der Waals surface area contributed by atoms with Crippen LogP contribution in [0.25, 0.3) is 0 Å². The molecule has 0 aliphatic carbocycles. The Labute approximate surface area is 185 Å². The van der Waals surface area contributed by atoms with Gasteiger partial charge in [-0.15, -0.1) is 0 Å². The maximum absolute atomic E-state index is 12.7. The van der Waals surface area contributed by atoms with Crippen LogP contribution < -0.4 is 10.9 Å². The zero-order valence-corrected chi connectivity index (χ0v) is 18.7. The Morgan fingerprint density at radius 3 is 2.34 bits per heavy atom. The molecule has 0 bridgehead atoms. The van der Waals surface area contributed by atoms with Crippen LogP contribution in [-0.2, 0) is 24.3 Å².